The van der Waals surface area contributed by atoms with E-state index in [1.807, 2.05) is 0 Å². The topological polar surface area (TPSA) is 116 Å². The normalized spacial score (nSPS) is 10.8. The van der Waals surface area contributed by atoms with E-state index < -0.39 is 27.5 Å². The number of nitro benzene ring substituents is 1. The highest BCUT2D eigenvalue weighted by Crippen LogP contribution is 2.29. The highest BCUT2D eigenvalue weighted by molar-refractivity contribution is 7.92. The maximum absolute atomic E-state index is 13.2. The summed E-state index contributed by atoms with van der Waals surface area (Å²) in [6, 6.07) is 9.56. The molecule has 0 spiro atoms. The number of sulfonamides is 1. The third-order valence-corrected chi connectivity index (χ3v) is 5.73. The first-order valence-corrected chi connectivity index (χ1v) is 9.83. The zero-order valence-electron chi connectivity index (χ0n) is 15.9. The summed E-state index contributed by atoms with van der Waals surface area (Å²) in [5.74, 6) is -0.308. The van der Waals surface area contributed by atoms with Gasteiger partial charge in [-0.25, -0.2) is 8.42 Å². The van der Waals surface area contributed by atoms with Crippen molar-refractivity contribution in [3.8, 4) is 5.75 Å². The average Bonchev–Trinajstić information content (AvgIpc) is 2.70. The minimum absolute atomic E-state index is 0.171. The molecular formula is C19H20N2O7S. The summed E-state index contributed by atoms with van der Waals surface area (Å²) >= 11 is 0. The van der Waals surface area contributed by atoms with Crippen LogP contribution in [0.5, 0.6) is 5.75 Å². The van der Waals surface area contributed by atoms with Crippen LogP contribution < -0.4 is 9.04 Å². The first-order chi connectivity index (χ1) is 13.7. The molecule has 0 heterocycles. The number of ether oxygens (including phenoxy) is 2. The lowest BCUT2D eigenvalue weighted by atomic mass is 10.2. The standard InChI is InChI=1S/C19H20N2O7S/c1-4-11-28-16-8-6-15(7-9-16)20(13-19(22)27-3)29(25,26)17-10-5-14(2)18(12-17)21(23)24/h4-10,12H,1,11,13H2,2-3H3. The maximum atomic E-state index is 13.2. The van der Waals surface area contributed by atoms with E-state index in [0.717, 1.165) is 17.5 Å². The van der Waals surface area contributed by atoms with Gasteiger partial charge in [0, 0.05) is 11.6 Å². The zero-order chi connectivity index (χ0) is 21.6. The Kier molecular flexibility index (Phi) is 6.94. The number of carbonyl (C=O) groups is 1. The van der Waals surface area contributed by atoms with Gasteiger partial charge in [-0.2, -0.15) is 0 Å². The predicted octanol–water partition coefficient (Wildman–Crippen LogP) is 2.84. The molecule has 2 aromatic rings. The Labute approximate surface area is 168 Å². The Morgan fingerprint density at radius 1 is 1.24 bits per heavy atom. The minimum Gasteiger partial charge on any atom is -0.490 e. The minimum atomic E-state index is -4.29. The molecule has 0 atom stereocenters. The van der Waals surface area contributed by atoms with E-state index in [9.17, 15) is 23.3 Å². The Bertz CT molecular complexity index is 1020. The van der Waals surface area contributed by atoms with E-state index in [1.165, 1.54) is 43.3 Å². The molecule has 2 aromatic carbocycles. The number of aryl methyl sites for hydroxylation is 1. The number of methoxy groups -OCH3 is 1. The van der Waals surface area contributed by atoms with Crippen molar-refractivity contribution in [1.82, 2.24) is 0 Å². The van der Waals surface area contributed by atoms with Crippen molar-refractivity contribution in [3.63, 3.8) is 0 Å². The van der Waals surface area contributed by atoms with Gasteiger partial charge in [-0.05, 0) is 37.3 Å². The molecule has 2 rings (SSSR count). The van der Waals surface area contributed by atoms with Crippen LogP contribution >= 0.6 is 0 Å². The zero-order valence-corrected chi connectivity index (χ0v) is 16.7. The van der Waals surface area contributed by atoms with Crippen LogP contribution in [0, 0.1) is 17.0 Å². The van der Waals surface area contributed by atoms with Crippen molar-refractivity contribution in [2.45, 2.75) is 11.8 Å². The number of benzene rings is 2. The molecule has 29 heavy (non-hydrogen) atoms. The monoisotopic (exact) mass is 420 g/mol. The molecule has 0 bridgehead atoms. The third kappa shape index (κ3) is 5.11. The molecule has 0 amide bonds. The van der Waals surface area contributed by atoms with Crippen LogP contribution in [-0.2, 0) is 19.6 Å². The fourth-order valence-electron chi connectivity index (χ4n) is 2.43. The second-order valence-corrected chi connectivity index (χ2v) is 7.75. The van der Waals surface area contributed by atoms with E-state index in [1.54, 1.807) is 6.08 Å². The first kappa shape index (κ1) is 21.9. The molecule has 0 radical (unpaired) electrons. The summed E-state index contributed by atoms with van der Waals surface area (Å²) in [5, 5.41) is 11.2. The van der Waals surface area contributed by atoms with Gasteiger partial charge < -0.3 is 9.47 Å². The van der Waals surface area contributed by atoms with Gasteiger partial charge in [0.25, 0.3) is 15.7 Å². The summed E-state index contributed by atoms with van der Waals surface area (Å²) in [7, 11) is -3.16. The number of esters is 1. The number of nitro groups is 1. The summed E-state index contributed by atoms with van der Waals surface area (Å²) < 4.78 is 37.1. The highest BCUT2D eigenvalue weighted by Gasteiger charge is 2.29. The van der Waals surface area contributed by atoms with Gasteiger partial charge in [0.1, 0.15) is 18.9 Å². The maximum Gasteiger partial charge on any atom is 0.326 e. The number of anilines is 1. The molecular weight excluding hydrogens is 400 g/mol. The summed E-state index contributed by atoms with van der Waals surface area (Å²) in [4.78, 5) is 22.1. The SMILES string of the molecule is C=CCOc1ccc(N(CC(=O)OC)S(=O)(=O)c2ccc(C)c([N+](=O)[O-])c2)cc1. The number of hydrogen-bond donors (Lipinski definition) is 0. The van der Waals surface area contributed by atoms with Crippen LogP contribution in [0.4, 0.5) is 11.4 Å². The molecule has 0 aliphatic carbocycles. The van der Waals surface area contributed by atoms with Gasteiger partial charge in [0.05, 0.1) is 22.6 Å². The number of nitrogens with zero attached hydrogens (tertiary/aromatic N) is 2. The predicted molar refractivity (Wildman–Crippen MR) is 107 cm³/mol. The summed E-state index contributed by atoms with van der Waals surface area (Å²) in [6.45, 7) is 4.72. The Balaban J connectivity index is 2.51. The molecule has 0 N–H and O–H groups in total. The molecule has 0 aromatic heterocycles. The highest BCUT2D eigenvalue weighted by atomic mass is 32.2. The first-order valence-electron chi connectivity index (χ1n) is 8.39. The molecule has 0 aliphatic heterocycles. The molecule has 0 saturated carbocycles. The van der Waals surface area contributed by atoms with Gasteiger partial charge in [0.15, 0.2) is 0 Å². The van der Waals surface area contributed by atoms with Gasteiger partial charge in [0.2, 0.25) is 0 Å². The molecule has 0 aliphatic rings. The average molecular weight is 420 g/mol. The number of hydrogen-bond acceptors (Lipinski definition) is 7. The van der Waals surface area contributed by atoms with E-state index in [0.29, 0.717) is 11.3 Å². The van der Waals surface area contributed by atoms with Crippen molar-refractivity contribution in [2.24, 2.45) is 0 Å². The second kappa shape index (κ2) is 9.20. The fraction of sp³-hybridized carbons (Fsp3) is 0.211. The van der Waals surface area contributed by atoms with Gasteiger partial charge in [-0.3, -0.25) is 19.2 Å². The lowest BCUT2D eigenvalue weighted by Gasteiger charge is -2.23. The van der Waals surface area contributed by atoms with E-state index >= 15 is 0 Å². The van der Waals surface area contributed by atoms with Crippen LogP contribution in [0.2, 0.25) is 0 Å². The summed E-state index contributed by atoms with van der Waals surface area (Å²) in [5.41, 5.74) is 0.152. The lowest BCUT2D eigenvalue weighted by molar-refractivity contribution is -0.385. The largest absolute Gasteiger partial charge is 0.490 e. The molecule has 10 heteroatoms. The smallest absolute Gasteiger partial charge is 0.326 e. The number of carbonyl (C=O) groups excluding carboxylic acids is 1. The molecule has 0 unspecified atom stereocenters. The second-order valence-electron chi connectivity index (χ2n) is 5.89. The Morgan fingerprint density at radius 2 is 1.90 bits per heavy atom. The van der Waals surface area contributed by atoms with Gasteiger partial charge in [-0.1, -0.05) is 18.7 Å². The molecule has 0 saturated heterocycles. The van der Waals surface area contributed by atoms with E-state index in [4.69, 9.17) is 4.74 Å². The molecule has 154 valence electrons. The van der Waals surface area contributed by atoms with E-state index in [2.05, 4.69) is 11.3 Å². The van der Waals surface area contributed by atoms with Crippen LogP contribution in [0.3, 0.4) is 0 Å². The lowest BCUT2D eigenvalue weighted by Crippen LogP contribution is -2.36. The Hall–Kier alpha value is -3.40. The van der Waals surface area contributed by atoms with Crippen LogP contribution in [0.25, 0.3) is 0 Å². The molecule has 0 fully saturated rings. The quantitative estimate of drug-likeness (QED) is 0.265. The summed E-state index contributed by atoms with van der Waals surface area (Å²) in [6.07, 6.45) is 1.56. The van der Waals surface area contributed by atoms with Crippen molar-refractivity contribution in [3.05, 3.63) is 70.8 Å². The van der Waals surface area contributed by atoms with Crippen LogP contribution in [-0.4, -0.2) is 39.6 Å². The third-order valence-electron chi connectivity index (χ3n) is 3.96. The fourth-order valence-corrected chi connectivity index (χ4v) is 3.86. The Morgan fingerprint density at radius 3 is 2.45 bits per heavy atom. The van der Waals surface area contributed by atoms with Crippen molar-refractivity contribution in [1.29, 1.82) is 0 Å². The van der Waals surface area contributed by atoms with Crippen molar-refractivity contribution >= 4 is 27.4 Å². The van der Waals surface area contributed by atoms with Gasteiger partial charge >= 0.3 is 5.97 Å². The molecule has 9 nitrogen and oxygen atoms in total. The van der Waals surface area contributed by atoms with Gasteiger partial charge in [-0.15, -0.1) is 0 Å². The van der Waals surface area contributed by atoms with Crippen molar-refractivity contribution in [2.75, 3.05) is 24.6 Å². The van der Waals surface area contributed by atoms with E-state index in [-0.39, 0.29) is 22.9 Å². The van der Waals surface area contributed by atoms with Crippen LogP contribution in [0.1, 0.15) is 5.56 Å². The van der Waals surface area contributed by atoms with Crippen molar-refractivity contribution < 1.29 is 27.6 Å². The number of rotatable bonds is 9. The van der Waals surface area contributed by atoms with Crippen LogP contribution in [0.15, 0.2) is 60.0 Å².